The summed E-state index contributed by atoms with van der Waals surface area (Å²) < 4.78 is 37.8. The van der Waals surface area contributed by atoms with Crippen LogP contribution < -0.4 is 0 Å². The van der Waals surface area contributed by atoms with Crippen molar-refractivity contribution in [1.29, 1.82) is 0 Å². The third-order valence-corrected chi connectivity index (χ3v) is 5.85. The summed E-state index contributed by atoms with van der Waals surface area (Å²) in [6.45, 7) is 3.80. The van der Waals surface area contributed by atoms with Crippen LogP contribution in [0.4, 0.5) is 13.2 Å². The Bertz CT molecular complexity index is 815. The Hall–Kier alpha value is -1.77. The summed E-state index contributed by atoms with van der Waals surface area (Å²) in [6, 6.07) is 10.0. The van der Waals surface area contributed by atoms with Crippen LogP contribution in [0.5, 0.6) is 0 Å². The highest BCUT2D eigenvalue weighted by molar-refractivity contribution is 7.99. The molecule has 156 valence electrons. The van der Waals surface area contributed by atoms with E-state index in [9.17, 15) is 18.0 Å². The van der Waals surface area contributed by atoms with E-state index >= 15 is 0 Å². The van der Waals surface area contributed by atoms with E-state index in [1.165, 1.54) is 11.6 Å². The Kier molecular flexibility index (Phi) is 7.43. The minimum absolute atomic E-state index is 0.0231. The fourth-order valence-electron chi connectivity index (χ4n) is 3.09. The number of pyridine rings is 1. The fourth-order valence-corrected chi connectivity index (χ4v) is 3.96. The predicted octanol–water partition coefficient (Wildman–Crippen LogP) is 4.58. The lowest BCUT2D eigenvalue weighted by atomic mass is 10.2. The molecule has 2 aromatic rings. The maximum absolute atomic E-state index is 12.6. The fraction of sp³-hybridized carbons (Fsp3) is 0.400. The SMILES string of the molecule is O=C(CSc1ccc(C(F)(F)F)cn1)N1CCCN(Cc2ccc(Cl)cc2)CC1. The lowest BCUT2D eigenvalue weighted by Gasteiger charge is -2.22. The summed E-state index contributed by atoms with van der Waals surface area (Å²) in [5.41, 5.74) is 0.389. The van der Waals surface area contributed by atoms with Crippen LogP contribution in [0.1, 0.15) is 17.5 Å². The van der Waals surface area contributed by atoms with Crippen molar-refractivity contribution in [3.63, 3.8) is 0 Å². The first kappa shape index (κ1) is 21.9. The largest absolute Gasteiger partial charge is 0.417 e. The second-order valence-electron chi connectivity index (χ2n) is 6.81. The van der Waals surface area contributed by atoms with Crippen LogP contribution >= 0.6 is 23.4 Å². The molecule has 0 spiro atoms. The van der Waals surface area contributed by atoms with E-state index in [0.29, 0.717) is 23.1 Å². The van der Waals surface area contributed by atoms with E-state index in [4.69, 9.17) is 11.6 Å². The highest BCUT2D eigenvalue weighted by Gasteiger charge is 2.30. The molecule has 4 nitrogen and oxygen atoms in total. The molecule has 0 saturated carbocycles. The van der Waals surface area contributed by atoms with Crippen LogP contribution in [0.3, 0.4) is 0 Å². The maximum atomic E-state index is 12.6. The molecular weight excluding hydrogens is 423 g/mol. The summed E-state index contributed by atoms with van der Waals surface area (Å²) in [4.78, 5) is 20.4. The Morgan fingerprint density at radius 3 is 2.48 bits per heavy atom. The van der Waals surface area contributed by atoms with Gasteiger partial charge in [-0.15, -0.1) is 0 Å². The van der Waals surface area contributed by atoms with Crippen molar-refractivity contribution in [2.45, 2.75) is 24.2 Å². The smallest absolute Gasteiger partial charge is 0.341 e. The summed E-state index contributed by atoms with van der Waals surface area (Å²) >= 11 is 7.08. The molecular formula is C20H21ClF3N3OS. The zero-order valence-corrected chi connectivity index (χ0v) is 17.2. The molecule has 0 radical (unpaired) electrons. The van der Waals surface area contributed by atoms with Crippen molar-refractivity contribution >= 4 is 29.3 Å². The molecule has 2 heterocycles. The van der Waals surface area contributed by atoms with Crippen molar-refractivity contribution in [3.05, 3.63) is 58.7 Å². The number of carbonyl (C=O) groups is 1. The van der Waals surface area contributed by atoms with Gasteiger partial charge in [0.05, 0.1) is 16.3 Å². The maximum Gasteiger partial charge on any atom is 0.417 e. The highest BCUT2D eigenvalue weighted by Crippen LogP contribution is 2.29. The van der Waals surface area contributed by atoms with Crippen LogP contribution in [0.15, 0.2) is 47.6 Å². The number of hydrogen-bond donors (Lipinski definition) is 0. The highest BCUT2D eigenvalue weighted by atomic mass is 35.5. The molecule has 1 aromatic carbocycles. The van der Waals surface area contributed by atoms with Crippen LogP contribution in [-0.2, 0) is 17.5 Å². The van der Waals surface area contributed by atoms with Gasteiger partial charge >= 0.3 is 6.18 Å². The minimum atomic E-state index is -4.41. The van der Waals surface area contributed by atoms with Gasteiger partial charge in [0.25, 0.3) is 0 Å². The molecule has 0 atom stereocenters. The Balaban J connectivity index is 1.47. The van der Waals surface area contributed by atoms with Gasteiger partial charge in [-0.2, -0.15) is 13.2 Å². The van der Waals surface area contributed by atoms with Crippen molar-refractivity contribution < 1.29 is 18.0 Å². The van der Waals surface area contributed by atoms with E-state index in [-0.39, 0.29) is 11.7 Å². The van der Waals surface area contributed by atoms with Gasteiger partial charge in [0.15, 0.2) is 0 Å². The Labute approximate surface area is 177 Å². The second-order valence-corrected chi connectivity index (χ2v) is 8.24. The van der Waals surface area contributed by atoms with E-state index < -0.39 is 11.7 Å². The van der Waals surface area contributed by atoms with Gasteiger partial charge in [0.1, 0.15) is 0 Å². The number of alkyl halides is 3. The second kappa shape index (κ2) is 9.82. The molecule has 1 aliphatic heterocycles. The van der Waals surface area contributed by atoms with Gasteiger partial charge in [-0.1, -0.05) is 35.5 Å². The molecule has 0 unspecified atom stereocenters. The molecule has 1 aliphatic rings. The third kappa shape index (κ3) is 6.62. The summed E-state index contributed by atoms with van der Waals surface area (Å²) in [5, 5.41) is 1.12. The number of hydrogen-bond acceptors (Lipinski definition) is 4. The van der Waals surface area contributed by atoms with Crippen molar-refractivity contribution in [2.24, 2.45) is 0 Å². The first-order valence-corrected chi connectivity index (χ1v) is 10.6. The van der Waals surface area contributed by atoms with Crippen molar-refractivity contribution in [2.75, 3.05) is 31.9 Å². The first-order chi connectivity index (χ1) is 13.8. The molecule has 1 amide bonds. The number of amides is 1. The number of benzene rings is 1. The van der Waals surface area contributed by atoms with E-state index in [0.717, 1.165) is 50.1 Å². The molecule has 1 aromatic heterocycles. The molecule has 1 saturated heterocycles. The number of carbonyl (C=O) groups excluding carboxylic acids is 1. The van der Waals surface area contributed by atoms with E-state index in [1.54, 1.807) is 0 Å². The van der Waals surface area contributed by atoms with Crippen molar-refractivity contribution in [3.8, 4) is 0 Å². The van der Waals surface area contributed by atoms with Crippen LogP contribution in [-0.4, -0.2) is 52.6 Å². The molecule has 3 rings (SSSR count). The Morgan fingerprint density at radius 2 is 1.83 bits per heavy atom. The number of halogens is 4. The van der Waals surface area contributed by atoms with Gasteiger partial charge in [0, 0.05) is 43.9 Å². The first-order valence-electron chi connectivity index (χ1n) is 9.22. The average molecular weight is 444 g/mol. The molecule has 1 fully saturated rings. The molecule has 0 bridgehead atoms. The zero-order valence-electron chi connectivity index (χ0n) is 15.7. The van der Waals surface area contributed by atoms with Crippen LogP contribution in [0, 0.1) is 0 Å². The van der Waals surface area contributed by atoms with E-state index in [2.05, 4.69) is 9.88 Å². The summed E-state index contributed by atoms with van der Waals surface area (Å²) in [6.07, 6.45) is -2.73. The van der Waals surface area contributed by atoms with Gasteiger partial charge in [-0.3, -0.25) is 9.69 Å². The number of rotatable bonds is 5. The predicted molar refractivity (Wildman–Crippen MR) is 108 cm³/mol. The van der Waals surface area contributed by atoms with Gasteiger partial charge in [-0.25, -0.2) is 4.98 Å². The third-order valence-electron chi connectivity index (χ3n) is 4.67. The summed E-state index contributed by atoms with van der Waals surface area (Å²) in [5.74, 6) is 0.139. The standard InChI is InChI=1S/C20H21ClF3N3OS/c21-17-5-2-15(3-6-17)13-26-8-1-9-27(11-10-26)19(28)14-29-18-7-4-16(12-25-18)20(22,23)24/h2-7,12H,1,8-11,13-14H2. The van der Waals surface area contributed by atoms with Crippen LogP contribution in [0.2, 0.25) is 5.02 Å². The molecule has 0 N–H and O–H groups in total. The minimum Gasteiger partial charge on any atom is -0.341 e. The zero-order chi connectivity index (χ0) is 20.9. The quantitative estimate of drug-likeness (QED) is 0.634. The monoisotopic (exact) mass is 443 g/mol. The van der Waals surface area contributed by atoms with Gasteiger partial charge in [0.2, 0.25) is 5.91 Å². The van der Waals surface area contributed by atoms with Crippen molar-refractivity contribution in [1.82, 2.24) is 14.8 Å². The molecule has 0 aliphatic carbocycles. The van der Waals surface area contributed by atoms with Crippen LogP contribution in [0.25, 0.3) is 0 Å². The lowest BCUT2D eigenvalue weighted by molar-refractivity contribution is -0.138. The van der Waals surface area contributed by atoms with E-state index in [1.807, 2.05) is 29.2 Å². The normalized spacial score (nSPS) is 15.9. The molecule has 29 heavy (non-hydrogen) atoms. The number of aromatic nitrogens is 1. The average Bonchev–Trinajstić information content (AvgIpc) is 2.93. The summed E-state index contributed by atoms with van der Waals surface area (Å²) in [7, 11) is 0. The molecule has 9 heteroatoms. The van der Waals surface area contributed by atoms with Gasteiger partial charge < -0.3 is 4.90 Å². The lowest BCUT2D eigenvalue weighted by Crippen LogP contribution is -2.36. The Morgan fingerprint density at radius 1 is 1.07 bits per heavy atom. The van der Waals surface area contributed by atoms with Gasteiger partial charge in [-0.05, 0) is 36.2 Å². The number of thioether (sulfide) groups is 1. The number of nitrogens with zero attached hydrogens (tertiary/aromatic N) is 3. The topological polar surface area (TPSA) is 36.4 Å².